The molecular formula is C22H18ClF2N3O3. The molecule has 9 heteroatoms. The summed E-state index contributed by atoms with van der Waals surface area (Å²) in [5.74, 6) is -2.97. The monoisotopic (exact) mass is 445 g/mol. The number of carbonyl (C=O) groups is 2. The molecule has 1 unspecified atom stereocenters. The summed E-state index contributed by atoms with van der Waals surface area (Å²) in [6.07, 6.45) is 0.914. The smallest absolute Gasteiger partial charge is 0.411 e. The number of carbonyl (C=O) groups excluding carboxylic acids is 2. The average Bonchev–Trinajstić information content (AvgIpc) is 2.73. The van der Waals surface area contributed by atoms with Gasteiger partial charge in [0, 0.05) is 10.7 Å². The Balaban J connectivity index is 1.54. The molecule has 3 rings (SSSR count). The first-order chi connectivity index (χ1) is 14.8. The molecule has 31 heavy (non-hydrogen) atoms. The summed E-state index contributed by atoms with van der Waals surface area (Å²) in [4.78, 5) is 27.5. The first kappa shape index (κ1) is 22.2. The molecule has 0 spiro atoms. The van der Waals surface area contributed by atoms with Crippen LogP contribution in [0.25, 0.3) is 0 Å². The van der Waals surface area contributed by atoms with Gasteiger partial charge in [0.2, 0.25) is 0 Å². The van der Waals surface area contributed by atoms with E-state index in [0.29, 0.717) is 16.3 Å². The lowest BCUT2D eigenvalue weighted by atomic mass is 10.1. The molecule has 0 aliphatic carbocycles. The lowest BCUT2D eigenvalue weighted by Gasteiger charge is -2.15. The molecule has 0 saturated heterocycles. The van der Waals surface area contributed by atoms with Gasteiger partial charge < -0.3 is 10.1 Å². The number of nitrogens with one attached hydrogen (secondary N) is 2. The topological polar surface area (TPSA) is 80.3 Å². The van der Waals surface area contributed by atoms with Crippen LogP contribution in [0.3, 0.4) is 0 Å². The molecule has 160 valence electrons. The maximum atomic E-state index is 13.7. The van der Waals surface area contributed by atoms with E-state index in [4.69, 9.17) is 16.3 Å². The molecule has 0 saturated carbocycles. The number of anilines is 1. The van der Waals surface area contributed by atoms with Gasteiger partial charge in [0.05, 0.1) is 18.4 Å². The highest BCUT2D eigenvalue weighted by Crippen LogP contribution is 2.18. The Morgan fingerprint density at radius 1 is 1.03 bits per heavy atom. The zero-order valence-electron chi connectivity index (χ0n) is 16.4. The third-order valence-corrected chi connectivity index (χ3v) is 4.62. The van der Waals surface area contributed by atoms with Crippen molar-refractivity contribution in [2.75, 3.05) is 5.32 Å². The minimum absolute atomic E-state index is 0.0896. The first-order valence-corrected chi connectivity index (χ1v) is 9.59. The third-order valence-electron chi connectivity index (χ3n) is 4.37. The largest absolute Gasteiger partial charge is 0.444 e. The van der Waals surface area contributed by atoms with E-state index in [2.05, 4.69) is 15.6 Å². The van der Waals surface area contributed by atoms with Crippen LogP contribution in [-0.4, -0.2) is 17.0 Å². The standard InChI is InChI=1S/C22H18ClF2N3O3/c1-13(27-21(29)20-18(24)10-26-11-19(20)25)15-4-8-17(9-5-15)28-22(30)31-12-14-2-6-16(23)7-3-14/h2-11,13H,12H2,1H3,(H,27,29)(H,28,30). The molecule has 3 aromatic rings. The second-order valence-electron chi connectivity index (χ2n) is 6.62. The lowest BCUT2D eigenvalue weighted by molar-refractivity contribution is 0.0931. The molecule has 1 heterocycles. The molecule has 2 amide bonds. The first-order valence-electron chi connectivity index (χ1n) is 9.21. The van der Waals surface area contributed by atoms with Crippen LogP contribution in [0.1, 0.15) is 34.5 Å². The predicted octanol–water partition coefficient (Wildman–Crippen LogP) is 5.25. The maximum absolute atomic E-state index is 13.7. The van der Waals surface area contributed by atoms with Crippen molar-refractivity contribution in [3.63, 3.8) is 0 Å². The van der Waals surface area contributed by atoms with Crippen molar-refractivity contribution in [1.82, 2.24) is 10.3 Å². The van der Waals surface area contributed by atoms with Gasteiger partial charge in [0.15, 0.2) is 11.6 Å². The molecule has 0 fully saturated rings. The summed E-state index contributed by atoms with van der Waals surface area (Å²) in [5.41, 5.74) is 1.25. The van der Waals surface area contributed by atoms with E-state index in [1.807, 2.05) is 0 Å². The van der Waals surface area contributed by atoms with Crippen molar-refractivity contribution in [3.05, 3.63) is 94.3 Å². The van der Waals surface area contributed by atoms with Gasteiger partial charge in [0.1, 0.15) is 12.2 Å². The van der Waals surface area contributed by atoms with Crippen LogP contribution in [0.2, 0.25) is 5.02 Å². The fourth-order valence-corrected chi connectivity index (χ4v) is 2.84. The van der Waals surface area contributed by atoms with Gasteiger partial charge in [-0.15, -0.1) is 0 Å². The number of ether oxygens (including phenoxy) is 1. The molecule has 0 aliphatic rings. The van der Waals surface area contributed by atoms with Crippen LogP contribution in [0.4, 0.5) is 19.3 Å². The molecule has 0 aliphatic heterocycles. The Morgan fingerprint density at radius 3 is 2.26 bits per heavy atom. The lowest BCUT2D eigenvalue weighted by Crippen LogP contribution is -2.28. The zero-order valence-corrected chi connectivity index (χ0v) is 17.1. The van der Waals surface area contributed by atoms with Crippen molar-refractivity contribution in [2.24, 2.45) is 0 Å². The molecule has 0 bridgehead atoms. The number of hydrogen-bond acceptors (Lipinski definition) is 4. The van der Waals surface area contributed by atoms with E-state index in [-0.39, 0.29) is 6.61 Å². The van der Waals surface area contributed by atoms with Gasteiger partial charge in [-0.3, -0.25) is 15.1 Å². The molecule has 1 aromatic heterocycles. The molecule has 0 radical (unpaired) electrons. The second kappa shape index (κ2) is 9.99. The number of hydrogen-bond donors (Lipinski definition) is 2. The maximum Gasteiger partial charge on any atom is 0.411 e. The Labute approximate surface area is 182 Å². The summed E-state index contributed by atoms with van der Waals surface area (Å²) in [6.45, 7) is 1.75. The Kier molecular flexibility index (Phi) is 7.15. The predicted molar refractivity (Wildman–Crippen MR) is 112 cm³/mol. The quantitative estimate of drug-likeness (QED) is 0.543. The third kappa shape index (κ3) is 5.99. The Hall–Kier alpha value is -3.52. The number of pyridine rings is 1. The van der Waals surface area contributed by atoms with Gasteiger partial charge in [-0.2, -0.15) is 0 Å². The van der Waals surface area contributed by atoms with Crippen LogP contribution in [0.15, 0.2) is 60.9 Å². The summed E-state index contributed by atoms with van der Waals surface area (Å²) in [5, 5.41) is 5.71. The van der Waals surface area contributed by atoms with E-state index < -0.39 is 35.2 Å². The van der Waals surface area contributed by atoms with Crippen molar-refractivity contribution in [1.29, 1.82) is 0 Å². The molecular weight excluding hydrogens is 428 g/mol. The fraction of sp³-hybridized carbons (Fsp3) is 0.136. The SMILES string of the molecule is CC(NC(=O)c1c(F)cncc1F)c1ccc(NC(=O)OCc2ccc(Cl)cc2)cc1. The molecule has 2 aromatic carbocycles. The second-order valence-corrected chi connectivity index (χ2v) is 7.06. The van der Waals surface area contributed by atoms with Crippen LogP contribution in [0.5, 0.6) is 0 Å². The van der Waals surface area contributed by atoms with Crippen LogP contribution in [-0.2, 0) is 11.3 Å². The molecule has 1 atom stereocenters. The van der Waals surface area contributed by atoms with Gasteiger partial charge in [-0.1, -0.05) is 35.9 Å². The summed E-state index contributed by atoms with van der Waals surface area (Å²) in [7, 11) is 0. The van der Waals surface area contributed by atoms with Crippen LogP contribution in [0, 0.1) is 11.6 Å². The Morgan fingerprint density at radius 2 is 1.65 bits per heavy atom. The summed E-state index contributed by atoms with van der Waals surface area (Å²) >= 11 is 5.81. The highest BCUT2D eigenvalue weighted by Gasteiger charge is 2.20. The van der Waals surface area contributed by atoms with Crippen molar-refractivity contribution in [3.8, 4) is 0 Å². The number of amides is 2. The highest BCUT2D eigenvalue weighted by molar-refractivity contribution is 6.30. The molecule has 2 N–H and O–H groups in total. The number of nitrogens with zero attached hydrogens (tertiary/aromatic N) is 1. The average molecular weight is 446 g/mol. The van der Waals surface area contributed by atoms with E-state index in [1.165, 1.54) is 0 Å². The zero-order chi connectivity index (χ0) is 22.4. The van der Waals surface area contributed by atoms with Gasteiger partial charge >= 0.3 is 6.09 Å². The summed E-state index contributed by atoms with van der Waals surface area (Å²) in [6, 6.07) is 12.9. The number of rotatable bonds is 6. The van der Waals surface area contributed by atoms with E-state index >= 15 is 0 Å². The van der Waals surface area contributed by atoms with E-state index in [0.717, 1.165) is 18.0 Å². The van der Waals surface area contributed by atoms with Gasteiger partial charge in [-0.25, -0.2) is 13.6 Å². The van der Waals surface area contributed by atoms with Crippen molar-refractivity contribution in [2.45, 2.75) is 19.6 Å². The van der Waals surface area contributed by atoms with Gasteiger partial charge in [-0.05, 0) is 42.3 Å². The normalized spacial score (nSPS) is 11.5. The number of aromatic nitrogens is 1. The minimum Gasteiger partial charge on any atom is -0.444 e. The fourth-order valence-electron chi connectivity index (χ4n) is 2.72. The van der Waals surface area contributed by atoms with Crippen molar-refractivity contribution < 1.29 is 23.1 Å². The number of halogens is 3. The Bertz CT molecular complexity index is 1060. The number of benzene rings is 2. The van der Waals surface area contributed by atoms with Crippen LogP contribution < -0.4 is 10.6 Å². The van der Waals surface area contributed by atoms with E-state index in [1.54, 1.807) is 55.5 Å². The highest BCUT2D eigenvalue weighted by atomic mass is 35.5. The van der Waals surface area contributed by atoms with Gasteiger partial charge in [0.25, 0.3) is 5.91 Å². The van der Waals surface area contributed by atoms with Crippen molar-refractivity contribution >= 4 is 29.3 Å². The summed E-state index contributed by atoms with van der Waals surface area (Å²) < 4.78 is 32.5. The van der Waals surface area contributed by atoms with E-state index in [9.17, 15) is 18.4 Å². The molecule has 6 nitrogen and oxygen atoms in total. The minimum atomic E-state index is -1.04. The van der Waals surface area contributed by atoms with Crippen LogP contribution >= 0.6 is 11.6 Å².